The third kappa shape index (κ3) is 2.62. The van der Waals surface area contributed by atoms with Gasteiger partial charge in [0.2, 0.25) is 0 Å². The molecule has 0 bridgehead atoms. The van der Waals surface area contributed by atoms with Gasteiger partial charge in [0.15, 0.2) is 0 Å². The molecule has 6 heteroatoms. The molecule has 0 saturated heterocycles. The number of fused-ring (bicyclic) bond motifs is 1. The number of hydrogen-bond acceptors (Lipinski definition) is 4. The van der Waals surface area contributed by atoms with Gasteiger partial charge in [0.1, 0.15) is 5.56 Å². The normalized spacial score (nSPS) is 13.7. The van der Waals surface area contributed by atoms with Crippen LogP contribution in [0, 0.1) is 10.1 Å². The maximum absolute atomic E-state index is 12.3. The number of hydrogen-bond donors (Lipinski definition) is 0. The Morgan fingerprint density at radius 3 is 2.43 bits per heavy atom. The zero-order valence-electron chi connectivity index (χ0n) is 12.0. The summed E-state index contributed by atoms with van der Waals surface area (Å²) < 4.78 is 0. The number of carbonyl (C=O) groups is 2. The number of carbonyl (C=O) groups excluding carboxylic acids is 2. The fourth-order valence-corrected chi connectivity index (χ4v) is 2.49. The number of nitrogens with zero attached hydrogens (tertiary/aromatic N) is 2. The molecule has 1 heterocycles. The monoisotopic (exact) mass is 308 g/mol. The van der Waals surface area contributed by atoms with Gasteiger partial charge >= 0.3 is 0 Å². The molecule has 23 heavy (non-hydrogen) atoms. The fraction of sp³-hybridized carbons (Fsp3) is 0.0588. The molecule has 0 unspecified atom stereocenters. The first-order chi connectivity index (χ1) is 11.1. The molecule has 6 nitrogen and oxygen atoms in total. The molecular weight excluding hydrogens is 296 g/mol. The van der Waals surface area contributed by atoms with Crippen molar-refractivity contribution < 1.29 is 14.5 Å². The van der Waals surface area contributed by atoms with Crippen LogP contribution in [-0.4, -0.2) is 28.2 Å². The van der Waals surface area contributed by atoms with Crippen molar-refractivity contribution in [1.29, 1.82) is 0 Å². The van der Waals surface area contributed by atoms with Crippen LogP contribution in [0.25, 0.3) is 6.08 Å². The van der Waals surface area contributed by atoms with Crippen molar-refractivity contribution in [3.63, 3.8) is 0 Å². The van der Waals surface area contributed by atoms with Crippen molar-refractivity contribution in [2.24, 2.45) is 0 Å². The number of rotatable bonds is 4. The van der Waals surface area contributed by atoms with Gasteiger partial charge in [0, 0.05) is 12.6 Å². The zero-order chi connectivity index (χ0) is 16.4. The van der Waals surface area contributed by atoms with E-state index in [0.717, 1.165) is 10.5 Å². The lowest BCUT2D eigenvalue weighted by atomic mass is 10.1. The van der Waals surface area contributed by atoms with Crippen molar-refractivity contribution in [1.82, 2.24) is 4.90 Å². The molecule has 0 spiro atoms. The van der Waals surface area contributed by atoms with Crippen LogP contribution in [0.4, 0.5) is 5.69 Å². The first-order valence-electron chi connectivity index (χ1n) is 6.95. The fourth-order valence-electron chi connectivity index (χ4n) is 2.49. The van der Waals surface area contributed by atoms with Gasteiger partial charge < -0.3 is 0 Å². The van der Waals surface area contributed by atoms with Crippen LogP contribution in [0.1, 0.15) is 26.3 Å². The van der Waals surface area contributed by atoms with Crippen LogP contribution in [0.5, 0.6) is 0 Å². The second-order valence-corrected chi connectivity index (χ2v) is 4.99. The van der Waals surface area contributed by atoms with Crippen LogP contribution in [-0.2, 0) is 0 Å². The van der Waals surface area contributed by atoms with Crippen molar-refractivity contribution in [3.05, 3.63) is 81.4 Å². The third-order valence-corrected chi connectivity index (χ3v) is 3.57. The number of imide groups is 1. The third-order valence-electron chi connectivity index (χ3n) is 3.57. The van der Waals surface area contributed by atoms with E-state index in [1.165, 1.54) is 18.2 Å². The SMILES string of the molecule is O=C1c2cccc([N+](=O)[O-])c2C(=O)N1C/C=C/c1ccccc1. The Labute approximate surface area is 131 Å². The summed E-state index contributed by atoms with van der Waals surface area (Å²) in [6.07, 6.45) is 3.47. The van der Waals surface area contributed by atoms with E-state index in [1.807, 2.05) is 30.3 Å². The van der Waals surface area contributed by atoms with E-state index in [4.69, 9.17) is 0 Å². The second kappa shape index (κ2) is 5.84. The zero-order valence-corrected chi connectivity index (χ0v) is 12.0. The first kappa shape index (κ1) is 14.6. The highest BCUT2D eigenvalue weighted by atomic mass is 16.6. The number of nitro groups is 1. The number of benzene rings is 2. The molecule has 0 N–H and O–H groups in total. The van der Waals surface area contributed by atoms with Gasteiger partial charge in [-0.3, -0.25) is 24.6 Å². The molecule has 2 amide bonds. The lowest BCUT2D eigenvalue weighted by Gasteiger charge is -2.10. The Kier molecular flexibility index (Phi) is 3.72. The molecule has 0 aromatic heterocycles. The van der Waals surface area contributed by atoms with Crippen molar-refractivity contribution in [2.45, 2.75) is 0 Å². The molecule has 1 aliphatic heterocycles. The lowest BCUT2D eigenvalue weighted by Crippen LogP contribution is -2.29. The number of nitro benzene ring substituents is 1. The topological polar surface area (TPSA) is 80.5 Å². The van der Waals surface area contributed by atoms with Crippen LogP contribution < -0.4 is 0 Å². The Morgan fingerprint density at radius 2 is 1.74 bits per heavy atom. The Balaban J connectivity index is 1.85. The molecule has 0 atom stereocenters. The van der Waals surface area contributed by atoms with E-state index in [9.17, 15) is 19.7 Å². The summed E-state index contributed by atoms with van der Waals surface area (Å²) in [6.45, 7) is 0.0679. The molecular formula is C17H12N2O4. The molecule has 114 valence electrons. The quantitative estimate of drug-likeness (QED) is 0.494. The smallest absolute Gasteiger partial charge is 0.270 e. The molecule has 2 aromatic rings. The van der Waals surface area contributed by atoms with Gasteiger partial charge in [-0.15, -0.1) is 0 Å². The van der Waals surface area contributed by atoms with E-state index < -0.39 is 16.7 Å². The highest BCUT2D eigenvalue weighted by molar-refractivity contribution is 6.23. The minimum atomic E-state index is -0.646. The Morgan fingerprint density at radius 1 is 1.00 bits per heavy atom. The molecule has 0 radical (unpaired) electrons. The van der Waals surface area contributed by atoms with Gasteiger partial charge in [0.25, 0.3) is 17.5 Å². The van der Waals surface area contributed by atoms with E-state index in [0.29, 0.717) is 0 Å². The molecule has 0 saturated carbocycles. The lowest BCUT2D eigenvalue weighted by molar-refractivity contribution is -0.385. The number of amides is 2. The Hall–Kier alpha value is -3.28. The van der Waals surface area contributed by atoms with Crippen molar-refractivity contribution in [3.8, 4) is 0 Å². The highest BCUT2D eigenvalue weighted by Crippen LogP contribution is 2.30. The minimum Gasteiger partial charge on any atom is -0.270 e. The molecule has 3 rings (SSSR count). The highest BCUT2D eigenvalue weighted by Gasteiger charge is 2.40. The summed E-state index contributed by atoms with van der Waals surface area (Å²) in [7, 11) is 0. The van der Waals surface area contributed by atoms with Crippen LogP contribution in [0.2, 0.25) is 0 Å². The summed E-state index contributed by atoms with van der Waals surface area (Å²) in [6, 6.07) is 13.5. The summed E-state index contributed by atoms with van der Waals surface area (Å²) in [5.74, 6) is -1.14. The molecule has 0 fully saturated rings. The largest absolute Gasteiger partial charge is 0.282 e. The summed E-state index contributed by atoms with van der Waals surface area (Å²) in [5.41, 5.74) is 0.554. The Bertz CT molecular complexity index is 828. The second-order valence-electron chi connectivity index (χ2n) is 4.99. The van der Waals surface area contributed by atoms with E-state index in [2.05, 4.69) is 0 Å². The predicted molar refractivity (Wildman–Crippen MR) is 83.9 cm³/mol. The molecule has 0 aliphatic carbocycles. The van der Waals surface area contributed by atoms with Gasteiger partial charge in [0.05, 0.1) is 10.5 Å². The average Bonchev–Trinajstić information content (AvgIpc) is 2.81. The van der Waals surface area contributed by atoms with E-state index in [-0.39, 0.29) is 23.4 Å². The molecule has 2 aromatic carbocycles. The van der Waals surface area contributed by atoms with Gasteiger partial charge in [-0.05, 0) is 11.6 Å². The van der Waals surface area contributed by atoms with Gasteiger partial charge in [-0.1, -0.05) is 48.6 Å². The van der Waals surface area contributed by atoms with Crippen molar-refractivity contribution in [2.75, 3.05) is 6.54 Å². The van der Waals surface area contributed by atoms with Gasteiger partial charge in [-0.25, -0.2) is 0 Å². The minimum absolute atomic E-state index is 0.0679. The predicted octanol–water partition coefficient (Wildman–Crippen LogP) is 2.90. The summed E-state index contributed by atoms with van der Waals surface area (Å²) in [5, 5.41) is 11.0. The summed E-state index contributed by atoms with van der Waals surface area (Å²) in [4.78, 5) is 36.0. The standard InChI is InChI=1S/C17H12N2O4/c20-16-13-9-4-10-14(19(22)23)15(13)17(21)18(16)11-5-8-12-6-2-1-3-7-12/h1-10H,11H2/b8-5+. The van der Waals surface area contributed by atoms with Crippen molar-refractivity contribution >= 4 is 23.6 Å². The van der Waals surface area contributed by atoms with Crippen LogP contribution in [0.3, 0.4) is 0 Å². The summed E-state index contributed by atoms with van der Waals surface area (Å²) >= 11 is 0. The van der Waals surface area contributed by atoms with E-state index >= 15 is 0 Å². The van der Waals surface area contributed by atoms with Crippen LogP contribution in [0.15, 0.2) is 54.6 Å². The van der Waals surface area contributed by atoms with E-state index in [1.54, 1.807) is 12.2 Å². The molecule has 1 aliphatic rings. The maximum atomic E-state index is 12.3. The first-order valence-corrected chi connectivity index (χ1v) is 6.95. The average molecular weight is 308 g/mol. The van der Waals surface area contributed by atoms with Crippen LogP contribution >= 0.6 is 0 Å². The van der Waals surface area contributed by atoms with Gasteiger partial charge in [-0.2, -0.15) is 0 Å². The maximum Gasteiger partial charge on any atom is 0.282 e.